The van der Waals surface area contributed by atoms with Crippen LogP contribution < -0.4 is 15.0 Å². The average molecular weight is 346 g/mol. The van der Waals surface area contributed by atoms with Gasteiger partial charge in [0.1, 0.15) is 11.6 Å². The topological polar surface area (TPSA) is 71.5 Å². The quantitative estimate of drug-likeness (QED) is 0.922. The Hall–Kier alpha value is -2.60. The smallest absolute Gasteiger partial charge is 0.257 e. The van der Waals surface area contributed by atoms with E-state index in [0.29, 0.717) is 29.2 Å². The third-order valence-electron chi connectivity index (χ3n) is 3.86. The lowest BCUT2D eigenvalue weighted by atomic mass is 10.2. The molecule has 6 nitrogen and oxygen atoms in total. The van der Waals surface area contributed by atoms with Crippen molar-refractivity contribution in [3.8, 4) is 5.88 Å². The summed E-state index contributed by atoms with van der Waals surface area (Å²) in [5.41, 5.74) is 0.948. The maximum atomic E-state index is 12.6. The Kier molecular flexibility index (Phi) is 4.66. The molecule has 1 aromatic carbocycles. The van der Waals surface area contributed by atoms with Crippen molar-refractivity contribution >= 4 is 29.1 Å². The minimum atomic E-state index is -0.598. The summed E-state index contributed by atoms with van der Waals surface area (Å²) >= 11 is 6.15. The number of para-hydroxylation sites is 1. The Morgan fingerprint density at radius 1 is 1.33 bits per heavy atom. The van der Waals surface area contributed by atoms with Gasteiger partial charge in [0.05, 0.1) is 17.8 Å². The van der Waals surface area contributed by atoms with Gasteiger partial charge in [0.15, 0.2) is 0 Å². The van der Waals surface area contributed by atoms with Gasteiger partial charge in [-0.15, -0.1) is 0 Å². The molecule has 2 amide bonds. The van der Waals surface area contributed by atoms with Crippen molar-refractivity contribution in [3.63, 3.8) is 0 Å². The highest BCUT2D eigenvalue weighted by Gasteiger charge is 2.35. The van der Waals surface area contributed by atoms with E-state index in [2.05, 4.69) is 10.3 Å². The number of carbonyl (C=O) groups is 2. The van der Waals surface area contributed by atoms with E-state index in [1.54, 1.807) is 35.2 Å². The molecule has 1 aliphatic heterocycles. The van der Waals surface area contributed by atoms with Crippen molar-refractivity contribution in [3.05, 3.63) is 53.2 Å². The molecule has 2 heterocycles. The van der Waals surface area contributed by atoms with Crippen LogP contribution in [0.4, 0.5) is 5.69 Å². The second kappa shape index (κ2) is 6.88. The molecule has 0 aliphatic carbocycles. The van der Waals surface area contributed by atoms with Crippen LogP contribution in [0.15, 0.2) is 42.6 Å². The minimum absolute atomic E-state index is 0.181. The summed E-state index contributed by atoms with van der Waals surface area (Å²) in [5.74, 6) is -0.345. The van der Waals surface area contributed by atoms with E-state index in [0.717, 1.165) is 0 Å². The summed E-state index contributed by atoms with van der Waals surface area (Å²) in [5, 5.41) is 3.25. The first-order valence-corrected chi connectivity index (χ1v) is 7.85. The number of pyridine rings is 1. The molecule has 1 N–H and O–H groups in total. The number of benzene rings is 1. The number of aromatic nitrogens is 1. The maximum absolute atomic E-state index is 12.6. The van der Waals surface area contributed by atoms with Crippen molar-refractivity contribution in [2.75, 3.05) is 18.6 Å². The predicted molar refractivity (Wildman–Crippen MR) is 90.5 cm³/mol. The van der Waals surface area contributed by atoms with Gasteiger partial charge in [-0.1, -0.05) is 23.7 Å². The van der Waals surface area contributed by atoms with E-state index in [-0.39, 0.29) is 17.7 Å². The zero-order valence-corrected chi connectivity index (χ0v) is 13.8. The monoisotopic (exact) mass is 345 g/mol. The second-order valence-corrected chi connectivity index (χ2v) is 5.72. The zero-order valence-electron chi connectivity index (χ0n) is 13.0. The Labute approximate surface area is 144 Å². The Morgan fingerprint density at radius 2 is 2.12 bits per heavy atom. The van der Waals surface area contributed by atoms with E-state index in [4.69, 9.17) is 16.3 Å². The number of hydrogen-bond donors (Lipinski definition) is 1. The molecule has 1 fully saturated rings. The van der Waals surface area contributed by atoms with Crippen LogP contribution in [0.3, 0.4) is 0 Å². The van der Waals surface area contributed by atoms with Crippen LogP contribution in [0.25, 0.3) is 0 Å². The first-order chi connectivity index (χ1) is 11.6. The van der Waals surface area contributed by atoms with Gasteiger partial charge >= 0.3 is 0 Å². The summed E-state index contributed by atoms with van der Waals surface area (Å²) in [6.45, 7) is 0.498. The highest BCUT2D eigenvalue weighted by molar-refractivity contribution is 6.34. The van der Waals surface area contributed by atoms with Crippen molar-refractivity contribution in [1.82, 2.24) is 10.3 Å². The van der Waals surface area contributed by atoms with Crippen LogP contribution >= 0.6 is 11.6 Å². The number of carbonyl (C=O) groups excluding carboxylic acids is 2. The Bertz CT molecular complexity index is 781. The third-order valence-corrected chi connectivity index (χ3v) is 4.18. The molecule has 1 atom stereocenters. The maximum Gasteiger partial charge on any atom is 0.257 e. The molecule has 3 rings (SSSR count). The Balaban J connectivity index is 1.74. The number of ether oxygens (including phenoxy) is 1. The lowest BCUT2D eigenvalue weighted by Gasteiger charge is -2.18. The largest absolute Gasteiger partial charge is 0.480 e. The van der Waals surface area contributed by atoms with E-state index in [1.165, 1.54) is 13.3 Å². The van der Waals surface area contributed by atoms with Crippen LogP contribution in [-0.2, 0) is 4.79 Å². The van der Waals surface area contributed by atoms with E-state index in [1.807, 2.05) is 6.07 Å². The molecular formula is C17H16ClN3O3. The molecule has 0 saturated carbocycles. The molecule has 1 aliphatic rings. The number of methoxy groups -OCH3 is 1. The molecule has 0 bridgehead atoms. The molecule has 1 saturated heterocycles. The third kappa shape index (κ3) is 3.05. The van der Waals surface area contributed by atoms with Gasteiger partial charge in [-0.05, 0) is 30.7 Å². The molecule has 124 valence electrons. The lowest BCUT2D eigenvalue weighted by Crippen LogP contribution is -2.41. The van der Waals surface area contributed by atoms with Crippen LogP contribution in [0.2, 0.25) is 5.02 Å². The summed E-state index contributed by atoms with van der Waals surface area (Å²) in [6.07, 6.45) is 2.05. The predicted octanol–water partition coefficient (Wildman–Crippen LogP) is 2.28. The summed E-state index contributed by atoms with van der Waals surface area (Å²) in [6, 6.07) is 9.79. The molecule has 0 radical (unpaired) electrons. The van der Waals surface area contributed by atoms with Gasteiger partial charge in [0.25, 0.3) is 5.91 Å². The number of halogens is 1. The second-order valence-electron chi connectivity index (χ2n) is 5.32. The zero-order chi connectivity index (χ0) is 17.1. The lowest BCUT2D eigenvalue weighted by molar-refractivity contribution is -0.118. The highest BCUT2D eigenvalue weighted by atomic mass is 35.5. The molecule has 0 spiro atoms. The fourth-order valence-corrected chi connectivity index (χ4v) is 2.92. The van der Waals surface area contributed by atoms with Gasteiger partial charge in [-0.2, -0.15) is 0 Å². The van der Waals surface area contributed by atoms with Crippen LogP contribution in [0.1, 0.15) is 16.8 Å². The number of anilines is 1. The fourth-order valence-electron chi connectivity index (χ4n) is 2.69. The molecular weight excluding hydrogens is 330 g/mol. The van der Waals surface area contributed by atoms with Crippen molar-refractivity contribution in [1.29, 1.82) is 0 Å². The minimum Gasteiger partial charge on any atom is -0.480 e. The van der Waals surface area contributed by atoms with Gasteiger partial charge < -0.3 is 15.0 Å². The molecule has 2 aromatic rings. The van der Waals surface area contributed by atoms with E-state index < -0.39 is 6.04 Å². The SMILES string of the molecule is COc1ncccc1C(=O)N[C@H]1CCN(c2ccccc2Cl)C1=O. The molecule has 7 heteroatoms. The number of hydrogen-bond acceptors (Lipinski definition) is 4. The molecule has 0 unspecified atom stereocenters. The normalized spacial score (nSPS) is 17.0. The average Bonchev–Trinajstić information content (AvgIpc) is 2.96. The van der Waals surface area contributed by atoms with Crippen molar-refractivity contribution in [2.45, 2.75) is 12.5 Å². The summed E-state index contributed by atoms with van der Waals surface area (Å²) < 4.78 is 5.08. The first-order valence-electron chi connectivity index (χ1n) is 7.47. The van der Waals surface area contributed by atoms with Crippen LogP contribution in [0.5, 0.6) is 5.88 Å². The van der Waals surface area contributed by atoms with Crippen molar-refractivity contribution < 1.29 is 14.3 Å². The number of amides is 2. The van der Waals surface area contributed by atoms with Crippen molar-refractivity contribution in [2.24, 2.45) is 0 Å². The molecule has 24 heavy (non-hydrogen) atoms. The first kappa shape index (κ1) is 16.3. The van der Waals surface area contributed by atoms with E-state index in [9.17, 15) is 9.59 Å². The Morgan fingerprint density at radius 3 is 2.88 bits per heavy atom. The van der Waals surface area contributed by atoms with E-state index >= 15 is 0 Å². The van der Waals surface area contributed by atoms with Gasteiger partial charge in [0, 0.05) is 12.7 Å². The van der Waals surface area contributed by atoms with Gasteiger partial charge in [-0.25, -0.2) is 4.98 Å². The molecule has 1 aromatic heterocycles. The standard InChI is InChI=1S/C17H16ClN3O3/c1-24-16-11(5-4-9-19-16)15(22)20-13-8-10-21(17(13)23)14-7-3-2-6-12(14)18/h2-7,9,13H,8,10H2,1H3,(H,20,22)/t13-/m0/s1. The highest BCUT2D eigenvalue weighted by Crippen LogP contribution is 2.29. The van der Waals surface area contributed by atoms with Crippen LogP contribution in [0, 0.1) is 0 Å². The summed E-state index contributed by atoms with van der Waals surface area (Å²) in [4.78, 5) is 30.6. The number of rotatable bonds is 4. The fraction of sp³-hybridized carbons (Fsp3) is 0.235. The number of nitrogens with zero attached hydrogens (tertiary/aromatic N) is 2. The summed E-state index contributed by atoms with van der Waals surface area (Å²) in [7, 11) is 1.44. The van der Waals surface area contributed by atoms with Gasteiger partial charge in [-0.3, -0.25) is 9.59 Å². The number of nitrogens with one attached hydrogen (secondary N) is 1. The van der Waals surface area contributed by atoms with Crippen LogP contribution in [-0.4, -0.2) is 36.5 Å². The van der Waals surface area contributed by atoms with Gasteiger partial charge in [0.2, 0.25) is 11.8 Å².